The zero-order chi connectivity index (χ0) is 22.2. The lowest BCUT2D eigenvalue weighted by molar-refractivity contribution is 0.282. The molecule has 0 aliphatic rings. The van der Waals surface area contributed by atoms with Gasteiger partial charge in [0.05, 0.1) is 18.8 Å². The van der Waals surface area contributed by atoms with Crippen molar-refractivity contribution in [1.29, 1.82) is 5.26 Å². The molecule has 0 aliphatic heterocycles. The van der Waals surface area contributed by atoms with Gasteiger partial charge in [0, 0.05) is 11.1 Å². The van der Waals surface area contributed by atoms with Crippen LogP contribution in [-0.2, 0) is 13.0 Å². The highest BCUT2D eigenvalue weighted by molar-refractivity contribution is 5.90. The van der Waals surface area contributed by atoms with Crippen LogP contribution in [0.4, 0.5) is 4.39 Å². The lowest BCUT2D eigenvalue weighted by Gasteiger charge is -2.16. The lowest BCUT2D eigenvalue weighted by atomic mass is 10.0. The number of hydrogen-bond acceptors (Lipinski definition) is 3. The van der Waals surface area contributed by atoms with Crippen molar-refractivity contribution in [2.45, 2.75) is 20.0 Å². The van der Waals surface area contributed by atoms with Crippen molar-refractivity contribution in [1.82, 2.24) is 0 Å². The second kappa shape index (κ2) is 10.3. The van der Waals surface area contributed by atoms with Gasteiger partial charge in [-0.25, -0.2) is 4.39 Å². The Morgan fingerprint density at radius 1 is 1.13 bits per heavy atom. The fourth-order valence-electron chi connectivity index (χ4n) is 3.25. The van der Waals surface area contributed by atoms with Gasteiger partial charge in [-0.2, -0.15) is 5.26 Å². The Kier molecular flexibility index (Phi) is 7.24. The minimum absolute atomic E-state index is 0.234. The third-order valence-electron chi connectivity index (χ3n) is 4.84. The summed E-state index contributed by atoms with van der Waals surface area (Å²) in [5.74, 6) is 0.736. The first-order chi connectivity index (χ1) is 15.0. The fraction of sp³-hybridized carbons (Fsp3) is 0.148. The molecule has 4 heteroatoms. The van der Waals surface area contributed by atoms with Crippen molar-refractivity contribution in [3.8, 4) is 17.6 Å². The van der Waals surface area contributed by atoms with Crippen molar-refractivity contribution in [2.24, 2.45) is 0 Å². The van der Waals surface area contributed by atoms with Crippen molar-refractivity contribution in [3.63, 3.8) is 0 Å². The van der Waals surface area contributed by atoms with Gasteiger partial charge in [0.1, 0.15) is 12.4 Å². The second-order valence-electron chi connectivity index (χ2n) is 7.13. The summed E-state index contributed by atoms with van der Waals surface area (Å²) < 4.78 is 25.9. The number of benzene rings is 3. The Balaban J connectivity index is 1.99. The minimum atomic E-state index is -0.438. The molecule has 3 nitrogen and oxygen atoms in total. The van der Waals surface area contributed by atoms with Crippen molar-refractivity contribution < 1.29 is 13.9 Å². The fourth-order valence-corrected chi connectivity index (χ4v) is 3.25. The summed E-state index contributed by atoms with van der Waals surface area (Å²) in [7, 11) is 1.57. The van der Waals surface area contributed by atoms with Gasteiger partial charge in [-0.15, -0.1) is 6.58 Å². The number of hydrogen-bond donors (Lipinski definition) is 0. The third-order valence-corrected chi connectivity index (χ3v) is 4.84. The molecule has 3 rings (SSSR count). The van der Waals surface area contributed by atoms with Crippen LogP contribution in [0.2, 0.25) is 0 Å². The number of nitriles is 1. The number of halogens is 1. The Hall–Kier alpha value is -3.84. The Labute approximate surface area is 182 Å². The molecule has 0 saturated heterocycles. The molecule has 156 valence electrons. The van der Waals surface area contributed by atoms with Crippen LogP contribution in [0.25, 0.3) is 11.6 Å². The van der Waals surface area contributed by atoms with Crippen LogP contribution in [0.1, 0.15) is 27.8 Å². The Morgan fingerprint density at radius 2 is 1.87 bits per heavy atom. The summed E-state index contributed by atoms with van der Waals surface area (Å²) in [6, 6.07) is 20.2. The van der Waals surface area contributed by atoms with E-state index in [9.17, 15) is 9.65 Å². The maximum Gasteiger partial charge on any atom is 0.165 e. The standard InChI is InChI=1S/C27H24FNO2/c1-4-7-22-14-21(15-23(17-29)24-8-5-6-9-25(24)28)16-26(30-3)27(22)31-18-20-12-10-19(2)11-13-20/h4-6,8-16H,1,7,18H2,2-3H3/b23-15-. The summed E-state index contributed by atoms with van der Waals surface area (Å²) >= 11 is 0. The molecule has 0 N–H and O–H groups in total. The molecule has 0 aromatic heterocycles. The highest BCUT2D eigenvalue weighted by Gasteiger charge is 2.14. The van der Waals surface area contributed by atoms with Crippen LogP contribution in [0.5, 0.6) is 11.5 Å². The summed E-state index contributed by atoms with van der Waals surface area (Å²) in [5, 5.41) is 9.59. The normalized spacial score (nSPS) is 11.0. The molecule has 0 heterocycles. The molecule has 0 fully saturated rings. The SMILES string of the molecule is C=CCc1cc(/C=C(/C#N)c2ccccc2F)cc(OC)c1OCc1ccc(C)cc1. The molecule has 0 spiro atoms. The molecule has 0 bridgehead atoms. The first kappa shape index (κ1) is 21.9. The number of aryl methyl sites for hydroxylation is 1. The number of nitrogens with zero attached hydrogens (tertiary/aromatic N) is 1. The van der Waals surface area contributed by atoms with Gasteiger partial charge in [-0.1, -0.05) is 54.1 Å². The molecule has 0 aliphatic carbocycles. The number of allylic oxidation sites excluding steroid dienone is 2. The average molecular weight is 413 g/mol. The maximum atomic E-state index is 14.2. The van der Waals surface area contributed by atoms with E-state index in [1.807, 2.05) is 37.3 Å². The van der Waals surface area contributed by atoms with Gasteiger partial charge in [0.15, 0.2) is 11.5 Å². The number of ether oxygens (including phenoxy) is 2. The molecule has 3 aromatic rings. The third kappa shape index (κ3) is 5.40. The predicted molar refractivity (Wildman–Crippen MR) is 122 cm³/mol. The van der Waals surface area contributed by atoms with Crippen LogP contribution >= 0.6 is 0 Å². The van der Waals surface area contributed by atoms with Gasteiger partial charge >= 0.3 is 0 Å². The van der Waals surface area contributed by atoms with E-state index in [-0.39, 0.29) is 11.1 Å². The predicted octanol–water partition coefficient (Wildman–Crippen LogP) is 6.51. The summed E-state index contributed by atoms with van der Waals surface area (Å²) in [4.78, 5) is 0. The van der Waals surface area contributed by atoms with Gasteiger partial charge in [-0.3, -0.25) is 0 Å². The van der Waals surface area contributed by atoms with Crippen molar-refractivity contribution in [3.05, 3.63) is 107 Å². The highest BCUT2D eigenvalue weighted by atomic mass is 19.1. The monoisotopic (exact) mass is 413 g/mol. The molecule has 0 unspecified atom stereocenters. The molecule has 0 radical (unpaired) electrons. The van der Waals surface area contributed by atoms with E-state index < -0.39 is 5.82 Å². The van der Waals surface area contributed by atoms with Gasteiger partial charge < -0.3 is 9.47 Å². The Morgan fingerprint density at radius 3 is 2.52 bits per heavy atom. The summed E-state index contributed by atoms with van der Waals surface area (Å²) in [6.45, 7) is 6.27. The topological polar surface area (TPSA) is 42.2 Å². The van der Waals surface area contributed by atoms with Gasteiger partial charge in [0.25, 0.3) is 0 Å². The molecule has 31 heavy (non-hydrogen) atoms. The first-order valence-electron chi connectivity index (χ1n) is 9.92. The largest absolute Gasteiger partial charge is 0.493 e. The van der Waals surface area contributed by atoms with Crippen LogP contribution in [0.3, 0.4) is 0 Å². The van der Waals surface area contributed by atoms with E-state index in [2.05, 4.69) is 12.6 Å². The second-order valence-corrected chi connectivity index (χ2v) is 7.13. The van der Waals surface area contributed by atoms with E-state index in [0.29, 0.717) is 24.5 Å². The van der Waals surface area contributed by atoms with E-state index in [1.165, 1.54) is 11.6 Å². The average Bonchev–Trinajstić information content (AvgIpc) is 2.78. The van der Waals surface area contributed by atoms with Crippen LogP contribution in [0, 0.1) is 24.1 Å². The lowest BCUT2D eigenvalue weighted by Crippen LogP contribution is -2.02. The van der Waals surface area contributed by atoms with E-state index in [4.69, 9.17) is 9.47 Å². The summed E-state index contributed by atoms with van der Waals surface area (Å²) in [6.07, 6.45) is 3.99. The van der Waals surface area contributed by atoms with Gasteiger partial charge in [-0.05, 0) is 48.7 Å². The van der Waals surface area contributed by atoms with Crippen LogP contribution in [-0.4, -0.2) is 7.11 Å². The van der Waals surface area contributed by atoms with E-state index in [0.717, 1.165) is 16.7 Å². The first-order valence-corrected chi connectivity index (χ1v) is 9.92. The molecular formula is C27H24FNO2. The zero-order valence-electron chi connectivity index (χ0n) is 17.7. The van der Waals surface area contributed by atoms with Crippen LogP contribution in [0.15, 0.2) is 73.3 Å². The minimum Gasteiger partial charge on any atom is -0.493 e. The van der Waals surface area contributed by atoms with Crippen molar-refractivity contribution >= 4 is 11.6 Å². The molecule has 0 saturated carbocycles. The van der Waals surface area contributed by atoms with Crippen LogP contribution < -0.4 is 9.47 Å². The Bertz CT molecular complexity index is 1140. The smallest absolute Gasteiger partial charge is 0.165 e. The van der Waals surface area contributed by atoms with E-state index in [1.54, 1.807) is 43.5 Å². The number of rotatable bonds is 8. The highest BCUT2D eigenvalue weighted by Crippen LogP contribution is 2.35. The summed E-state index contributed by atoms with van der Waals surface area (Å²) in [5.41, 5.74) is 4.32. The maximum absolute atomic E-state index is 14.2. The molecule has 0 atom stereocenters. The molecule has 3 aromatic carbocycles. The molecule has 0 amide bonds. The van der Waals surface area contributed by atoms with E-state index >= 15 is 0 Å². The quantitative estimate of drug-likeness (QED) is 0.240. The van der Waals surface area contributed by atoms with Crippen molar-refractivity contribution in [2.75, 3.05) is 7.11 Å². The van der Waals surface area contributed by atoms with Gasteiger partial charge in [0.2, 0.25) is 0 Å². The zero-order valence-corrected chi connectivity index (χ0v) is 17.7. The number of methoxy groups -OCH3 is 1. The molecular weight excluding hydrogens is 389 g/mol.